The molecule has 1 N–H and O–H groups in total. The Morgan fingerprint density at radius 2 is 1.67 bits per heavy atom. The Kier molecular flexibility index (Phi) is 6.14. The molecule has 1 saturated heterocycles. The zero-order valence-corrected chi connectivity index (χ0v) is 15.0. The highest BCUT2D eigenvalue weighted by atomic mass is 15.2. The average Bonchev–Trinajstić information content (AvgIpc) is 2.60. The van der Waals surface area contributed by atoms with Gasteiger partial charge in [-0.2, -0.15) is 0 Å². The molecule has 2 heteroatoms. The van der Waals surface area contributed by atoms with Crippen molar-refractivity contribution in [1.29, 1.82) is 0 Å². The van der Waals surface area contributed by atoms with Gasteiger partial charge in [0.15, 0.2) is 0 Å². The third-order valence-corrected chi connectivity index (χ3v) is 5.53. The highest BCUT2D eigenvalue weighted by molar-refractivity contribution is 4.91. The Labute approximate surface area is 133 Å². The van der Waals surface area contributed by atoms with Crippen molar-refractivity contribution >= 4 is 0 Å². The predicted octanol–water partition coefficient (Wildman–Crippen LogP) is 4.30. The molecule has 1 saturated carbocycles. The topological polar surface area (TPSA) is 15.3 Å². The molecular weight excluding hydrogens is 256 g/mol. The third kappa shape index (κ3) is 5.56. The summed E-state index contributed by atoms with van der Waals surface area (Å²) in [5, 5.41) is 3.79. The standard InChI is InChI=1S/C19H38N2/c1-17(2)13-20-14-19(9-7-5-6-8-10-19)16-21-12-11-18(3,4)15-21/h17,20H,5-16H2,1-4H3. The van der Waals surface area contributed by atoms with Gasteiger partial charge in [0.25, 0.3) is 0 Å². The van der Waals surface area contributed by atoms with Crippen LogP contribution in [0.15, 0.2) is 0 Å². The fourth-order valence-electron chi connectivity index (χ4n) is 4.33. The highest BCUT2D eigenvalue weighted by Gasteiger charge is 2.37. The van der Waals surface area contributed by atoms with Crippen LogP contribution >= 0.6 is 0 Å². The molecule has 1 heterocycles. The van der Waals surface area contributed by atoms with Gasteiger partial charge in [0.05, 0.1) is 0 Å². The quantitative estimate of drug-likeness (QED) is 0.735. The molecule has 124 valence electrons. The van der Waals surface area contributed by atoms with E-state index in [0.29, 0.717) is 10.8 Å². The van der Waals surface area contributed by atoms with Crippen LogP contribution in [0.4, 0.5) is 0 Å². The molecule has 0 radical (unpaired) electrons. The van der Waals surface area contributed by atoms with E-state index in [1.807, 2.05) is 0 Å². The first-order valence-corrected chi connectivity index (χ1v) is 9.34. The minimum absolute atomic E-state index is 0.539. The van der Waals surface area contributed by atoms with Gasteiger partial charge < -0.3 is 10.2 Å². The van der Waals surface area contributed by atoms with E-state index >= 15 is 0 Å². The summed E-state index contributed by atoms with van der Waals surface area (Å²) in [4.78, 5) is 2.77. The number of nitrogens with zero attached hydrogens (tertiary/aromatic N) is 1. The second kappa shape index (κ2) is 7.46. The molecule has 0 amide bonds. The second-order valence-corrected chi connectivity index (χ2v) is 9.06. The van der Waals surface area contributed by atoms with Gasteiger partial charge in [-0.25, -0.2) is 0 Å². The molecule has 0 unspecified atom stereocenters. The van der Waals surface area contributed by atoms with Gasteiger partial charge >= 0.3 is 0 Å². The summed E-state index contributed by atoms with van der Waals surface area (Å²) in [5.74, 6) is 0.763. The fraction of sp³-hybridized carbons (Fsp3) is 1.00. The van der Waals surface area contributed by atoms with Crippen molar-refractivity contribution in [2.24, 2.45) is 16.7 Å². The Bertz CT molecular complexity index is 301. The average molecular weight is 295 g/mol. The molecule has 0 aromatic carbocycles. The zero-order valence-electron chi connectivity index (χ0n) is 15.0. The Morgan fingerprint density at radius 1 is 1.00 bits per heavy atom. The van der Waals surface area contributed by atoms with Gasteiger partial charge in [0.2, 0.25) is 0 Å². The van der Waals surface area contributed by atoms with E-state index in [-0.39, 0.29) is 0 Å². The second-order valence-electron chi connectivity index (χ2n) is 9.06. The SMILES string of the molecule is CC(C)CNCC1(CN2CCC(C)(C)C2)CCCCCC1. The van der Waals surface area contributed by atoms with Crippen LogP contribution in [-0.2, 0) is 0 Å². The lowest BCUT2D eigenvalue weighted by molar-refractivity contribution is 0.136. The van der Waals surface area contributed by atoms with Crippen LogP contribution in [0.5, 0.6) is 0 Å². The first-order valence-electron chi connectivity index (χ1n) is 9.34. The molecule has 2 rings (SSSR count). The van der Waals surface area contributed by atoms with E-state index in [9.17, 15) is 0 Å². The maximum Gasteiger partial charge on any atom is 0.00504 e. The summed E-state index contributed by atoms with van der Waals surface area (Å²) in [6, 6.07) is 0. The molecule has 1 aliphatic carbocycles. The summed E-state index contributed by atoms with van der Waals surface area (Å²) in [7, 11) is 0. The molecule has 0 spiro atoms. The van der Waals surface area contributed by atoms with Gasteiger partial charge in [-0.1, -0.05) is 53.4 Å². The zero-order chi connectivity index (χ0) is 15.3. The molecule has 21 heavy (non-hydrogen) atoms. The molecular formula is C19H38N2. The summed E-state index contributed by atoms with van der Waals surface area (Å²) in [6.07, 6.45) is 10.1. The van der Waals surface area contributed by atoms with Crippen LogP contribution < -0.4 is 5.32 Å². The van der Waals surface area contributed by atoms with E-state index in [1.54, 1.807) is 0 Å². The minimum Gasteiger partial charge on any atom is -0.316 e. The normalized spacial score (nSPS) is 26.1. The summed E-state index contributed by atoms with van der Waals surface area (Å²) in [6.45, 7) is 15.9. The summed E-state index contributed by atoms with van der Waals surface area (Å²) >= 11 is 0. The molecule has 2 nitrogen and oxygen atoms in total. The maximum atomic E-state index is 3.79. The molecule has 0 aromatic rings. The Morgan fingerprint density at radius 3 is 2.19 bits per heavy atom. The van der Waals surface area contributed by atoms with E-state index in [0.717, 1.165) is 5.92 Å². The van der Waals surface area contributed by atoms with Gasteiger partial charge in [-0.05, 0) is 49.1 Å². The third-order valence-electron chi connectivity index (χ3n) is 5.53. The molecule has 0 bridgehead atoms. The number of likely N-dealkylation sites (tertiary alicyclic amines) is 1. The summed E-state index contributed by atoms with van der Waals surface area (Å²) in [5.41, 5.74) is 1.09. The van der Waals surface area contributed by atoms with Crippen molar-refractivity contribution in [3.05, 3.63) is 0 Å². The lowest BCUT2D eigenvalue weighted by Crippen LogP contribution is -2.44. The molecule has 0 atom stereocenters. The van der Waals surface area contributed by atoms with Crippen LogP contribution in [0.2, 0.25) is 0 Å². The molecule has 2 fully saturated rings. The lowest BCUT2D eigenvalue weighted by atomic mass is 9.79. The predicted molar refractivity (Wildman–Crippen MR) is 92.7 cm³/mol. The van der Waals surface area contributed by atoms with Crippen LogP contribution in [0.1, 0.15) is 72.6 Å². The van der Waals surface area contributed by atoms with Gasteiger partial charge in [-0.15, -0.1) is 0 Å². The van der Waals surface area contributed by atoms with E-state index in [1.165, 1.54) is 77.7 Å². The van der Waals surface area contributed by atoms with Crippen LogP contribution in [-0.4, -0.2) is 37.6 Å². The molecule has 1 aliphatic heterocycles. The van der Waals surface area contributed by atoms with Crippen molar-refractivity contribution < 1.29 is 0 Å². The van der Waals surface area contributed by atoms with Crippen molar-refractivity contribution in [2.45, 2.75) is 72.6 Å². The van der Waals surface area contributed by atoms with Crippen LogP contribution in [0.25, 0.3) is 0 Å². The van der Waals surface area contributed by atoms with Crippen LogP contribution in [0, 0.1) is 16.7 Å². The van der Waals surface area contributed by atoms with Gasteiger partial charge in [0, 0.05) is 19.6 Å². The lowest BCUT2D eigenvalue weighted by Gasteiger charge is -2.37. The Balaban J connectivity index is 1.94. The molecule has 0 aromatic heterocycles. The Hall–Kier alpha value is -0.0800. The fourth-order valence-corrected chi connectivity index (χ4v) is 4.33. The monoisotopic (exact) mass is 294 g/mol. The highest BCUT2D eigenvalue weighted by Crippen LogP contribution is 2.38. The van der Waals surface area contributed by atoms with Crippen LogP contribution in [0.3, 0.4) is 0 Å². The number of nitrogens with one attached hydrogen (secondary N) is 1. The smallest absolute Gasteiger partial charge is 0.00504 e. The number of hydrogen-bond acceptors (Lipinski definition) is 2. The molecule has 2 aliphatic rings. The van der Waals surface area contributed by atoms with Crippen molar-refractivity contribution in [1.82, 2.24) is 10.2 Å². The number of hydrogen-bond donors (Lipinski definition) is 1. The van der Waals surface area contributed by atoms with E-state index in [4.69, 9.17) is 0 Å². The largest absolute Gasteiger partial charge is 0.316 e. The van der Waals surface area contributed by atoms with Crippen molar-refractivity contribution in [3.63, 3.8) is 0 Å². The number of rotatable bonds is 6. The first-order chi connectivity index (χ1) is 9.91. The maximum absolute atomic E-state index is 3.79. The minimum atomic E-state index is 0.539. The van der Waals surface area contributed by atoms with Gasteiger partial charge in [0.1, 0.15) is 0 Å². The van der Waals surface area contributed by atoms with E-state index in [2.05, 4.69) is 37.9 Å². The summed E-state index contributed by atoms with van der Waals surface area (Å²) < 4.78 is 0. The van der Waals surface area contributed by atoms with Crippen molar-refractivity contribution in [2.75, 3.05) is 32.7 Å². The first kappa shape index (κ1) is 17.3. The van der Waals surface area contributed by atoms with E-state index < -0.39 is 0 Å². The van der Waals surface area contributed by atoms with Gasteiger partial charge in [-0.3, -0.25) is 0 Å². The van der Waals surface area contributed by atoms with Crippen molar-refractivity contribution in [3.8, 4) is 0 Å².